The lowest BCUT2D eigenvalue weighted by Crippen LogP contribution is -2.30. The van der Waals surface area contributed by atoms with Crippen LogP contribution in [0, 0.1) is 0 Å². The number of fused-ring (bicyclic) bond motifs is 1. The van der Waals surface area contributed by atoms with Gasteiger partial charge in [0.1, 0.15) is 5.82 Å². The second-order valence-corrected chi connectivity index (χ2v) is 4.46. The minimum absolute atomic E-state index is 0.162. The van der Waals surface area contributed by atoms with E-state index in [2.05, 4.69) is 4.98 Å². The number of nitrogens with two attached hydrogens (primary N) is 1. The maximum absolute atomic E-state index is 12.2. The number of aromatic nitrogens is 2. The molecule has 0 spiro atoms. The van der Waals surface area contributed by atoms with Gasteiger partial charge in [-0.3, -0.25) is 14.5 Å². The Morgan fingerprint density at radius 3 is 2.63 bits per heavy atom. The van der Waals surface area contributed by atoms with Crippen molar-refractivity contribution in [3.8, 4) is 0 Å². The highest BCUT2D eigenvalue weighted by Gasteiger charge is 2.36. The minimum atomic E-state index is -0.324. The molecule has 2 N–H and O–H groups in total. The van der Waals surface area contributed by atoms with E-state index in [1.54, 1.807) is 29.1 Å². The lowest BCUT2D eigenvalue weighted by Gasteiger charge is -2.13. The van der Waals surface area contributed by atoms with Gasteiger partial charge in [-0.2, -0.15) is 0 Å². The van der Waals surface area contributed by atoms with E-state index >= 15 is 0 Å². The standard InChI is InChI=1S/C13H12N4O2/c1-16-5-4-15-11(16)7-17-12(18)9-3-2-8(14)6-10(9)13(17)19/h2-6H,7,14H2,1H3. The van der Waals surface area contributed by atoms with Crippen molar-refractivity contribution in [1.29, 1.82) is 0 Å². The maximum atomic E-state index is 12.2. The molecule has 0 aliphatic carbocycles. The quantitative estimate of drug-likeness (QED) is 0.636. The number of imide groups is 1. The lowest BCUT2D eigenvalue weighted by atomic mass is 10.1. The third-order valence-electron chi connectivity index (χ3n) is 3.22. The van der Waals surface area contributed by atoms with Crippen molar-refractivity contribution in [3.05, 3.63) is 47.5 Å². The van der Waals surface area contributed by atoms with Crippen LogP contribution in [0.1, 0.15) is 26.5 Å². The molecule has 6 nitrogen and oxygen atoms in total. The Morgan fingerprint density at radius 2 is 1.95 bits per heavy atom. The average Bonchev–Trinajstić information content (AvgIpc) is 2.88. The van der Waals surface area contributed by atoms with Crippen LogP contribution in [-0.4, -0.2) is 26.3 Å². The topological polar surface area (TPSA) is 81.2 Å². The van der Waals surface area contributed by atoms with Gasteiger partial charge in [-0.15, -0.1) is 0 Å². The summed E-state index contributed by atoms with van der Waals surface area (Å²) in [6.45, 7) is 0.162. The first-order valence-electron chi connectivity index (χ1n) is 5.80. The number of nitrogens with zero attached hydrogens (tertiary/aromatic N) is 3. The van der Waals surface area contributed by atoms with Gasteiger partial charge in [-0.25, -0.2) is 4.98 Å². The molecule has 1 aromatic heterocycles. The molecule has 1 aliphatic rings. The predicted molar refractivity (Wildman–Crippen MR) is 68.3 cm³/mol. The zero-order chi connectivity index (χ0) is 13.6. The molecule has 19 heavy (non-hydrogen) atoms. The number of amides is 2. The summed E-state index contributed by atoms with van der Waals surface area (Å²) in [4.78, 5) is 29.7. The van der Waals surface area contributed by atoms with E-state index in [1.165, 1.54) is 11.0 Å². The van der Waals surface area contributed by atoms with Crippen molar-refractivity contribution in [1.82, 2.24) is 14.5 Å². The van der Waals surface area contributed by atoms with Crippen LogP contribution in [-0.2, 0) is 13.6 Å². The normalized spacial score (nSPS) is 14.1. The monoisotopic (exact) mass is 256 g/mol. The van der Waals surface area contributed by atoms with Crippen LogP contribution in [0.5, 0.6) is 0 Å². The molecule has 1 aliphatic heterocycles. The van der Waals surface area contributed by atoms with Crippen LogP contribution in [0.3, 0.4) is 0 Å². The molecule has 2 amide bonds. The minimum Gasteiger partial charge on any atom is -0.399 e. The van der Waals surface area contributed by atoms with Crippen LogP contribution in [0.2, 0.25) is 0 Å². The van der Waals surface area contributed by atoms with E-state index in [-0.39, 0.29) is 18.4 Å². The number of hydrogen-bond acceptors (Lipinski definition) is 4. The third-order valence-corrected chi connectivity index (χ3v) is 3.22. The zero-order valence-electron chi connectivity index (χ0n) is 10.3. The fourth-order valence-electron chi connectivity index (χ4n) is 2.14. The molecule has 96 valence electrons. The fourth-order valence-corrected chi connectivity index (χ4v) is 2.14. The summed E-state index contributed by atoms with van der Waals surface area (Å²) < 4.78 is 1.78. The van der Waals surface area contributed by atoms with Gasteiger partial charge >= 0.3 is 0 Å². The first-order chi connectivity index (χ1) is 9.08. The van der Waals surface area contributed by atoms with E-state index in [1.807, 2.05) is 7.05 Å². The lowest BCUT2D eigenvalue weighted by molar-refractivity contribution is 0.0637. The SMILES string of the molecule is Cn1ccnc1CN1C(=O)c2ccc(N)cc2C1=O. The summed E-state index contributed by atoms with van der Waals surface area (Å²) in [7, 11) is 1.82. The Kier molecular flexibility index (Phi) is 2.38. The second-order valence-electron chi connectivity index (χ2n) is 4.46. The van der Waals surface area contributed by atoms with Gasteiger partial charge in [0.05, 0.1) is 17.7 Å². The molecule has 2 heterocycles. The molecule has 6 heteroatoms. The highest BCUT2D eigenvalue weighted by molar-refractivity contribution is 6.21. The first-order valence-corrected chi connectivity index (χ1v) is 5.80. The third kappa shape index (κ3) is 1.69. The number of imidazole rings is 1. The number of benzene rings is 1. The van der Waals surface area contributed by atoms with Crippen molar-refractivity contribution in [2.75, 3.05) is 5.73 Å². The van der Waals surface area contributed by atoms with Crippen LogP contribution < -0.4 is 5.73 Å². The van der Waals surface area contributed by atoms with E-state index in [4.69, 9.17) is 5.73 Å². The fraction of sp³-hybridized carbons (Fsp3) is 0.154. The molecular formula is C13H12N4O2. The molecule has 0 atom stereocenters. The largest absolute Gasteiger partial charge is 0.399 e. The Balaban J connectivity index is 1.97. The second kappa shape index (κ2) is 3.94. The predicted octanol–water partition coefficient (Wildman–Crippen LogP) is 0.799. The van der Waals surface area contributed by atoms with Gasteiger partial charge in [-0.1, -0.05) is 0 Å². The van der Waals surface area contributed by atoms with Crippen molar-refractivity contribution in [2.45, 2.75) is 6.54 Å². The molecule has 0 bridgehead atoms. The average molecular weight is 256 g/mol. The molecule has 0 saturated carbocycles. The Bertz CT molecular complexity index is 690. The molecular weight excluding hydrogens is 244 g/mol. The van der Waals surface area contributed by atoms with E-state index in [0.717, 1.165) is 0 Å². The van der Waals surface area contributed by atoms with Crippen LogP contribution in [0.25, 0.3) is 0 Å². The molecule has 3 rings (SSSR count). The molecule has 0 saturated heterocycles. The maximum Gasteiger partial charge on any atom is 0.262 e. The van der Waals surface area contributed by atoms with Gasteiger partial charge in [-0.05, 0) is 18.2 Å². The van der Waals surface area contributed by atoms with Crippen molar-refractivity contribution in [3.63, 3.8) is 0 Å². The molecule has 0 fully saturated rings. The van der Waals surface area contributed by atoms with Gasteiger partial charge in [0.25, 0.3) is 11.8 Å². The van der Waals surface area contributed by atoms with Gasteiger partial charge < -0.3 is 10.3 Å². The summed E-state index contributed by atoms with van der Waals surface area (Å²) in [6, 6.07) is 4.74. The summed E-state index contributed by atoms with van der Waals surface area (Å²) in [5, 5.41) is 0. The zero-order valence-corrected chi connectivity index (χ0v) is 10.3. The highest BCUT2D eigenvalue weighted by Crippen LogP contribution is 2.25. The molecule has 0 unspecified atom stereocenters. The van der Waals surface area contributed by atoms with Crippen LogP contribution in [0.4, 0.5) is 5.69 Å². The van der Waals surface area contributed by atoms with Crippen LogP contribution >= 0.6 is 0 Å². The smallest absolute Gasteiger partial charge is 0.262 e. The number of anilines is 1. The Morgan fingerprint density at radius 1 is 1.21 bits per heavy atom. The Labute approximate surface area is 109 Å². The number of carbonyl (C=O) groups excluding carboxylic acids is 2. The summed E-state index contributed by atoms with van der Waals surface area (Å²) in [5.41, 5.74) is 6.87. The number of nitrogen functional groups attached to an aromatic ring is 1. The van der Waals surface area contributed by atoms with Gasteiger partial charge in [0.15, 0.2) is 0 Å². The van der Waals surface area contributed by atoms with E-state index in [0.29, 0.717) is 22.6 Å². The van der Waals surface area contributed by atoms with E-state index < -0.39 is 0 Å². The first kappa shape index (κ1) is 11.5. The van der Waals surface area contributed by atoms with Crippen molar-refractivity contribution >= 4 is 17.5 Å². The number of rotatable bonds is 2. The van der Waals surface area contributed by atoms with Crippen LogP contribution in [0.15, 0.2) is 30.6 Å². The number of aryl methyl sites for hydroxylation is 1. The summed E-state index contributed by atoms with van der Waals surface area (Å²) in [5.74, 6) is 0.0285. The Hall–Kier alpha value is -2.63. The number of hydrogen-bond donors (Lipinski definition) is 1. The van der Waals surface area contributed by atoms with Gasteiger partial charge in [0.2, 0.25) is 0 Å². The molecule has 0 radical (unpaired) electrons. The summed E-state index contributed by atoms with van der Waals surface area (Å²) >= 11 is 0. The van der Waals surface area contributed by atoms with Crippen molar-refractivity contribution < 1.29 is 9.59 Å². The van der Waals surface area contributed by atoms with E-state index in [9.17, 15) is 9.59 Å². The van der Waals surface area contributed by atoms with Gasteiger partial charge in [0, 0.05) is 25.1 Å². The molecule has 2 aromatic rings. The molecule has 1 aromatic carbocycles. The highest BCUT2D eigenvalue weighted by atomic mass is 16.2. The van der Waals surface area contributed by atoms with Crippen molar-refractivity contribution in [2.24, 2.45) is 7.05 Å². The number of carbonyl (C=O) groups is 2. The summed E-state index contributed by atoms with van der Waals surface area (Å²) in [6.07, 6.45) is 3.40.